The van der Waals surface area contributed by atoms with Gasteiger partial charge in [-0.05, 0) is 43.3 Å². The van der Waals surface area contributed by atoms with E-state index in [9.17, 15) is 0 Å². The summed E-state index contributed by atoms with van der Waals surface area (Å²) in [6, 6.07) is 6.17. The minimum absolute atomic E-state index is 0.398. The van der Waals surface area contributed by atoms with E-state index in [1.165, 1.54) is 29.9 Å². The number of rotatable bonds is 2. The van der Waals surface area contributed by atoms with Crippen molar-refractivity contribution in [1.29, 1.82) is 0 Å². The molecule has 7 heteroatoms. The molecule has 2 saturated heterocycles. The van der Waals surface area contributed by atoms with Crippen LogP contribution in [0.5, 0.6) is 0 Å². The summed E-state index contributed by atoms with van der Waals surface area (Å²) in [4.78, 5) is 0. The number of benzene rings is 1. The number of thiocarbonyl (C=S) groups is 1. The highest BCUT2D eigenvalue weighted by Gasteiger charge is 2.35. The fraction of sp³-hybridized carbons (Fsp3) is 0.533. The molecule has 0 bridgehead atoms. The Bertz CT molecular complexity index is 549. The number of thioether (sulfide) groups is 1. The monoisotopic (exact) mass is 374 g/mol. The number of anilines is 1. The zero-order valence-corrected chi connectivity index (χ0v) is 15.8. The molecule has 2 atom stereocenters. The quantitative estimate of drug-likeness (QED) is 0.609. The van der Waals surface area contributed by atoms with E-state index in [0.717, 1.165) is 28.9 Å². The van der Waals surface area contributed by atoms with E-state index >= 15 is 0 Å². The minimum Gasteiger partial charge on any atom is -0.332 e. The Morgan fingerprint density at radius 3 is 3.05 bits per heavy atom. The Morgan fingerprint density at radius 1 is 1.50 bits per heavy atom. The van der Waals surface area contributed by atoms with Crippen molar-refractivity contribution in [3.63, 3.8) is 0 Å². The predicted octanol–water partition coefficient (Wildman–Crippen LogP) is 3.63. The van der Waals surface area contributed by atoms with Crippen LogP contribution in [0.25, 0.3) is 0 Å². The molecule has 2 fully saturated rings. The summed E-state index contributed by atoms with van der Waals surface area (Å²) in [7, 11) is 0.398. The Hall–Kier alpha value is -0.140. The maximum atomic E-state index is 6.43. The smallest absolute Gasteiger partial charge is 0.190 e. The van der Waals surface area contributed by atoms with Gasteiger partial charge in [0.15, 0.2) is 9.69 Å². The van der Waals surface area contributed by atoms with E-state index in [4.69, 9.17) is 23.8 Å². The van der Waals surface area contributed by atoms with Crippen molar-refractivity contribution in [2.24, 2.45) is 0 Å². The van der Waals surface area contributed by atoms with Gasteiger partial charge in [-0.25, -0.2) is 5.43 Å². The predicted molar refractivity (Wildman–Crippen MR) is 105 cm³/mol. The molecule has 2 heterocycles. The van der Waals surface area contributed by atoms with Crippen LogP contribution in [0.3, 0.4) is 0 Å². The standard InChI is InChI=1S/C15H20ClN3S3/c1-22-9-8-21-14(22)12-10-11(4-5-13(12)16)18-15(20)19-7-3-2-6-17-19/h4-5,10,14,17H,2-3,6-9H2,1H3/p+1. The number of halogens is 1. The van der Waals surface area contributed by atoms with Gasteiger partial charge in [0.25, 0.3) is 0 Å². The maximum absolute atomic E-state index is 6.43. The summed E-state index contributed by atoms with van der Waals surface area (Å²) in [6.45, 7) is 1.95. The Balaban J connectivity index is 1.72. The average molecular weight is 375 g/mol. The molecule has 0 saturated carbocycles. The molecule has 22 heavy (non-hydrogen) atoms. The van der Waals surface area contributed by atoms with Crippen LogP contribution in [0.1, 0.15) is 23.0 Å². The molecule has 2 unspecified atom stereocenters. The van der Waals surface area contributed by atoms with Crippen molar-refractivity contribution < 1.29 is 0 Å². The first-order valence-electron chi connectivity index (χ1n) is 7.49. The molecule has 0 radical (unpaired) electrons. The summed E-state index contributed by atoms with van der Waals surface area (Å²) in [5, 5.41) is 6.98. The first-order chi connectivity index (χ1) is 10.6. The van der Waals surface area contributed by atoms with Gasteiger partial charge in [-0.15, -0.1) is 0 Å². The van der Waals surface area contributed by atoms with Gasteiger partial charge in [0.1, 0.15) is 5.75 Å². The molecule has 1 aromatic carbocycles. The van der Waals surface area contributed by atoms with E-state index < -0.39 is 0 Å². The lowest BCUT2D eigenvalue weighted by molar-refractivity contribution is 0.261. The van der Waals surface area contributed by atoms with Gasteiger partial charge in [0.05, 0.1) is 6.26 Å². The molecule has 120 valence electrons. The molecule has 2 aliphatic heterocycles. The maximum Gasteiger partial charge on any atom is 0.190 e. The van der Waals surface area contributed by atoms with Crippen LogP contribution in [0, 0.1) is 0 Å². The van der Waals surface area contributed by atoms with Gasteiger partial charge in [0, 0.05) is 46.0 Å². The van der Waals surface area contributed by atoms with E-state index in [1.807, 2.05) is 28.9 Å². The summed E-state index contributed by atoms with van der Waals surface area (Å²) >= 11 is 14.0. The van der Waals surface area contributed by atoms with Crippen molar-refractivity contribution in [2.75, 3.05) is 36.2 Å². The van der Waals surface area contributed by atoms with Gasteiger partial charge >= 0.3 is 0 Å². The van der Waals surface area contributed by atoms with Crippen LogP contribution in [0.2, 0.25) is 5.02 Å². The summed E-state index contributed by atoms with van der Waals surface area (Å²) < 4.78 is 0.524. The SMILES string of the molecule is C[S+]1CCSC1c1cc(NC(=S)N2CCCCN2)ccc1Cl. The molecule has 1 aromatic rings. The Labute approximate surface area is 149 Å². The first kappa shape index (κ1) is 16.7. The van der Waals surface area contributed by atoms with Crippen LogP contribution < -0.4 is 10.7 Å². The van der Waals surface area contributed by atoms with E-state index in [1.54, 1.807) is 0 Å². The number of nitrogens with one attached hydrogen (secondary N) is 2. The molecular weight excluding hydrogens is 354 g/mol. The zero-order valence-electron chi connectivity index (χ0n) is 12.6. The number of hydrazine groups is 1. The fourth-order valence-corrected chi connectivity index (χ4v) is 7.67. The number of nitrogens with zero attached hydrogens (tertiary/aromatic N) is 1. The van der Waals surface area contributed by atoms with Crippen LogP contribution in [0.15, 0.2) is 18.2 Å². The second kappa shape index (κ2) is 7.62. The third-order valence-corrected chi connectivity index (χ3v) is 9.05. The highest BCUT2D eigenvalue weighted by atomic mass is 35.5. The zero-order chi connectivity index (χ0) is 15.5. The van der Waals surface area contributed by atoms with Crippen molar-refractivity contribution in [1.82, 2.24) is 10.4 Å². The third-order valence-electron chi connectivity index (χ3n) is 3.90. The highest BCUT2D eigenvalue weighted by molar-refractivity contribution is 8.17. The van der Waals surface area contributed by atoms with Crippen LogP contribution >= 0.6 is 35.6 Å². The van der Waals surface area contributed by atoms with E-state index in [2.05, 4.69) is 23.1 Å². The topological polar surface area (TPSA) is 27.3 Å². The van der Waals surface area contributed by atoms with Gasteiger partial charge < -0.3 is 5.32 Å². The summed E-state index contributed by atoms with van der Waals surface area (Å²) in [5.74, 6) is 2.52. The van der Waals surface area contributed by atoms with Crippen molar-refractivity contribution in [3.8, 4) is 0 Å². The second-order valence-electron chi connectivity index (χ2n) is 5.53. The van der Waals surface area contributed by atoms with E-state index in [0.29, 0.717) is 15.5 Å². The lowest BCUT2D eigenvalue weighted by Crippen LogP contribution is -2.48. The molecule has 3 rings (SSSR count). The fourth-order valence-electron chi connectivity index (χ4n) is 2.67. The molecule has 0 amide bonds. The summed E-state index contributed by atoms with van der Waals surface area (Å²) in [5.41, 5.74) is 5.60. The number of hydrogen-bond donors (Lipinski definition) is 2. The van der Waals surface area contributed by atoms with Gasteiger partial charge in [0.2, 0.25) is 0 Å². The second-order valence-corrected chi connectivity index (χ2v) is 10.1. The molecule has 2 aliphatic rings. The third kappa shape index (κ3) is 3.85. The normalized spacial score (nSPS) is 25.3. The molecular formula is C15H21ClN3S3+. The van der Waals surface area contributed by atoms with Crippen LogP contribution in [0.4, 0.5) is 5.69 Å². The first-order valence-corrected chi connectivity index (χ1v) is 11.2. The van der Waals surface area contributed by atoms with Gasteiger partial charge in [-0.1, -0.05) is 23.4 Å². The van der Waals surface area contributed by atoms with Gasteiger partial charge in [-0.2, -0.15) is 0 Å². The van der Waals surface area contributed by atoms with Gasteiger partial charge in [-0.3, -0.25) is 5.01 Å². The molecule has 2 N–H and O–H groups in total. The average Bonchev–Trinajstić information content (AvgIpc) is 2.96. The lowest BCUT2D eigenvalue weighted by atomic mass is 10.2. The van der Waals surface area contributed by atoms with Crippen molar-refractivity contribution >= 4 is 57.3 Å². The molecule has 0 aromatic heterocycles. The summed E-state index contributed by atoms with van der Waals surface area (Å²) in [6.07, 6.45) is 4.73. The molecule has 3 nitrogen and oxygen atoms in total. The largest absolute Gasteiger partial charge is 0.332 e. The molecule has 0 spiro atoms. The Morgan fingerprint density at radius 2 is 2.36 bits per heavy atom. The lowest BCUT2D eigenvalue weighted by Gasteiger charge is -2.30. The van der Waals surface area contributed by atoms with Crippen LogP contribution in [-0.2, 0) is 10.9 Å². The van der Waals surface area contributed by atoms with Crippen molar-refractivity contribution in [3.05, 3.63) is 28.8 Å². The minimum atomic E-state index is 0.398. The number of hydrogen-bond acceptors (Lipinski definition) is 3. The van der Waals surface area contributed by atoms with Crippen LogP contribution in [-0.4, -0.2) is 41.0 Å². The molecule has 0 aliphatic carbocycles. The Kier molecular flexibility index (Phi) is 5.79. The van der Waals surface area contributed by atoms with E-state index in [-0.39, 0.29) is 0 Å². The van der Waals surface area contributed by atoms with Crippen molar-refractivity contribution in [2.45, 2.75) is 17.4 Å². The highest BCUT2D eigenvalue weighted by Crippen LogP contribution is 2.44.